The Morgan fingerprint density at radius 2 is 1.20 bits per heavy atom. The zero-order chi connectivity index (χ0) is 21.7. The molecule has 0 radical (unpaired) electrons. The van der Waals surface area contributed by atoms with E-state index in [1.165, 1.54) is 23.6 Å². The van der Waals surface area contributed by atoms with Gasteiger partial charge in [-0.25, -0.2) is 0 Å². The Morgan fingerprint density at radius 1 is 0.800 bits per heavy atom. The Kier molecular flexibility index (Phi) is 7.33. The molecular weight excluding hydrogens is 420 g/mol. The smallest absolute Gasteiger partial charge is 0.302 e. The van der Waals surface area contributed by atoms with Crippen LogP contribution in [0.1, 0.15) is 34.7 Å². The molecular formula is C22H24N2O4S2. The fraction of sp³-hybridized carbons (Fsp3) is 0.364. The lowest BCUT2D eigenvalue weighted by Gasteiger charge is -2.06. The molecule has 0 unspecified atom stereocenters. The Labute approximate surface area is 183 Å². The van der Waals surface area contributed by atoms with Crippen molar-refractivity contribution in [2.45, 2.75) is 40.5 Å². The van der Waals surface area contributed by atoms with Gasteiger partial charge in [-0.2, -0.15) is 0 Å². The van der Waals surface area contributed by atoms with E-state index in [2.05, 4.69) is 35.9 Å². The summed E-state index contributed by atoms with van der Waals surface area (Å²) >= 11 is 3.32. The monoisotopic (exact) mass is 444 g/mol. The van der Waals surface area contributed by atoms with Crippen molar-refractivity contribution < 1.29 is 19.1 Å². The molecule has 8 heteroatoms. The van der Waals surface area contributed by atoms with Crippen LogP contribution in [0.5, 0.6) is 0 Å². The van der Waals surface area contributed by atoms with Gasteiger partial charge in [0.15, 0.2) is 0 Å². The number of rotatable bonds is 8. The van der Waals surface area contributed by atoms with Crippen LogP contribution in [-0.4, -0.2) is 35.1 Å². The first-order valence-corrected chi connectivity index (χ1v) is 11.2. The van der Waals surface area contributed by atoms with Crippen molar-refractivity contribution >= 4 is 34.6 Å². The van der Waals surface area contributed by atoms with Gasteiger partial charge in [0.1, 0.15) is 0 Å². The highest BCUT2D eigenvalue weighted by Gasteiger charge is 2.15. The molecule has 3 heterocycles. The van der Waals surface area contributed by atoms with Crippen molar-refractivity contribution in [2.24, 2.45) is 0 Å². The van der Waals surface area contributed by atoms with Crippen molar-refractivity contribution in [2.75, 3.05) is 13.2 Å². The van der Waals surface area contributed by atoms with E-state index in [4.69, 9.17) is 9.47 Å². The van der Waals surface area contributed by atoms with Gasteiger partial charge in [0, 0.05) is 36.4 Å². The summed E-state index contributed by atoms with van der Waals surface area (Å²) in [5, 5.41) is 0. The molecule has 0 aromatic carbocycles. The molecule has 0 fully saturated rings. The van der Waals surface area contributed by atoms with E-state index >= 15 is 0 Å². The number of carbonyl (C=O) groups is 2. The largest absolute Gasteiger partial charge is 0.466 e. The van der Waals surface area contributed by atoms with Crippen molar-refractivity contribution in [3.8, 4) is 21.1 Å². The van der Waals surface area contributed by atoms with Crippen molar-refractivity contribution in [1.29, 1.82) is 0 Å². The van der Waals surface area contributed by atoms with Crippen LogP contribution in [0.15, 0.2) is 24.5 Å². The molecule has 3 aromatic heterocycles. The minimum Gasteiger partial charge on any atom is -0.466 e. The molecule has 3 aromatic rings. The molecule has 0 atom stereocenters. The Balaban J connectivity index is 1.79. The number of aromatic nitrogens is 2. The second kappa shape index (κ2) is 9.95. The molecule has 0 aliphatic carbocycles. The minimum absolute atomic E-state index is 0.275. The molecule has 158 valence electrons. The molecule has 0 aliphatic rings. The Bertz CT molecular complexity index is 955. The van der Waals surface area contributed by atoms with Crippen LogP contribution in [0, 0.1) is 13.8 Å². The summed E-state index contributed by atoms with van der Waals surface area (Å²) in [5.74, 6) is -0.549. The van der Waals surface area contributed by atoms with Gasteiger partial charge in [-0.15, -0.1) is 22.7 Å². The first kappa shape index (κ1) is 22.1. The number of hydrogen-bond donors (Lipinski definition) is 0. The van der Waals surface area contributed by atoms with Crippen LogP contribution >= 0.6 is 22.7 Å². The maximum absolute atomic E-state index is 11.0. The second-order valence-electron chi connectivity index (χ2n) is 6.89. The quantitative estimate of drug-likeness (QED) is 0.466. The van der Waals surface area contributed by atoms with Gasteiger partial charge in [0.05, 0.1) is 46.7 Å². The molecule has 0 amide bonds. The number of carbonyl (C=O) groups excluding carboxylic acids is 2. The molecule has 6 nitrogen and oxygen atoms in total. The summed E-state index contributed by atoms with van der Waals surface area (Å²) in [5.41, 5.74) is 3.83. The minimum atomic E-state index is -0.275. The van der Waals surface area contributed by atoms with Gasteiger partial charge in [-0.1, -0.05) is 0 Å². The average Bonchev–Trinajstić information content (AvgIpc) is 3.23. The lowest BCUT2D eigenvalue weighted by Crippen LogP contribution is -2.03. The summed E-state index contributed by atoms with van der Waals surface area (Å²) in [6.07, 6.45) is 4.88. The zero-order valence-electron chi connectivity index (χ0n) is 17.5. The summed E-state index contributed by atoms with van der Waals surface area (Å²) in [6.45, 7) is 7.63. The highest BCUT2D eigenvalue weighted by molar-refractivity contribution is 7.16. The van der Waals surface area contributed by atoms with Gasteiger partial charge >= 0.3 is 11.9 Å². The maximum Gasteiger partial charge on any atom is 0.302 e. The normalized spacial score (nSPS) is 10.8. The van der Waals surface area contributed by atoms with Crippen molar-refractivity contribution in [3.63, 3.8) is 0 Å². The van der Waals surface area contributed by atoms with E-state index in [0.717, 1.165) is 32.3 Å². The summed E-state index contributed by atoms with van der Waals surface area (Å²) in [6, 6.07) is 4.21. The van der Waals surface area contributed by atoms with Gasteiger partial charge in [0.2, 0.25) is 0 Å². The van der Waals surface area contributed by atoms with Crippen molar-refractivity contribution in [3.05, 3.63) is 45.4 Å². The number of esters is 2. The third-order valence-electron chi connectivity index (χ3n) is 4.33. The standard InChI is InChI=1S/C22H24N2O4S2/c1-13-9-17(5-7-27-15(3)25)21(29-13)19-11-24-20(12-23-19)22-18(10-14(2)30-22)6-8-28-16(4)26/h9-12H,5-8H2,1-4H3. The molecule has 0 bridgehead atoms. The number of ether oxygens (including phenoxy) is 2. The van der Waals surface area contributed by atoms with E-state index in [0.29, 0.717) is 26.1 Å². The molecule has 0 aliphatic heterocycles. The van der Waals surface area contributed by atoms with Gasteiger partial charge in [-0.05, 0) is 37.1 Å². The molecule has 0 saturated heterocycles. The SMILES string of the molecule is CC(=O)OCCc1cc(C)sc1-c1cnc(-c2sc(C)cc2CCOC(C)=O)cn1. The zero-order valence-corrected chi connectivity index (χ0v) is 19.1. The number of nitrogens with zero attached hydrogens (tertiary/aromatic N) is 2. The third kappa shape index (κ3) is 5.73. The number of thiophene rings is 2. The van der Waals surface area contributed by atoms with Gasteiger partial charge in [0.25, 0.3) is 0 Å². The maximum atomic E-state index is 11.0. The summed E-state index contributed by atoms with van der Waals surface area (Å²) in [7, 11) is 0. The second-order valence-corrected chi connectivity index (χ2v) is 9.40. The molecule has 0 N–H and O–H groups in total. The van der Waals surface area contributed by atoms with Crippen LogP contribution in [0.25, 0.3) is 21.1 Å². The summed E-state index contributed by atoms with van der Waals surface area (Å²) in [4.78, 5) is 35.8. The van der Waals surface area contributed by atoms with Crippen molar-refractivity contribution in [1.82, 2.24) is 9.97 Å². The van der Waals surface area contributed by atoms with Crippen LogP contribution in [0.4, 0.5) is 0 Å². The number of hydrogen-bond acceptors (Lipinski definition) is 8. The first-order chi connectivity index (χ1) is 14.3. The first-order valence-electron chi connectivity index (χ1n) is 9.61. The number of aryl methyl sites for hydroxylation is 2. The Morgan fingerprint density at radius 3 is 1.53 bits per heavy atom. The average molecular weight is 445 g/mol. The lowest BCUT2D eigenvalue weighted by atomic mass is 10.1. The van der Waals surface area contributed by atoms with Crippen LogP contribution in [0.2, 0.25) is 0 Å². The molecule has 30 heavy (non-hydrogen) atoms. The van der Waals surface area contributed by atoms with E-state index in [-0.39, 0.29) is 11.9 Å². The van der Waals surface area contributed by atoms with E-state index < -0.39 is 0 Å². The molecule has 0 spiro atoms. The third-order valence-corrected chi connectivity index (χ3v) is 6.57. The van der Waals surface area contributed by atoms with E-state index in [9.17, 15) is 9.59 Å². The highest BCUT2D eigenvalue weighted by atomic mass is 32.1. The highest BCUT2D eigenvalue weighted by Crippen LogP contribution is 2.34. The van der Waals surface area contributed by atoms with Crippen LogP contribution < -0.4 is 0 Å². The van der Waals surface area contributed by atoms with E-state index in [1.807, 2.05) is 0 Å². The van der Waals surface area contributed by atoms with Gasteiger partial charge in [-0.3, -0.25) is 19.6 Å². The fourth-order valence-corrected chi connectivity index (χ4v) is 5.16. The van der Waals surface area contributed by atoms with Crippen LogP contribution in [-0.2, 0) is 31.9 Å². The lowest BCUT2D eigenvalue weighted by molar-refractivity contribution is -0.141. The predicted molar refractivity (Wildman–Crippen MR) is 119 cm³/mol. The topological polar surface area (TPSA) is 78.4 Å². The van der Waals surface area contributed by atoms with Gasteiger partial charge < -0.3 is 9.47 Å². The Hall–Kier alpha value is -2.58. The molecule has 0 saturated carbocycles. The fourth-order valence-electron chi connectivity index (χ4n) is 3.11. The predicted octanol–water partition coefficient (Wildman–Crippen LogP) is 4.76. The molecule has 3 rings (SSSR count). The van der Waals surface area contributed by atoms with E-state index in [1.54, 1.807) is 35.1 Å². The summed E-state index contributed by atoms with van der Waals surface area (Å²) < 4.78 is 10.2. The van der Waals surface area contributed by atoms with Crippen LogP contribution in [0.3, 0.4) is 0 Å².